The normalized spacial score (nSPS) is 12.3. The van der Waals surface area contributed by atoms with E-state index in [1.807, 2.05) is 0 Å². The lowest BCUT2D eigenvalue weighted by Crippen LogP contribution is -2.14. The number of carbonyl (C=O) groups excluding carboxylic acids is 1. The molecule has 0 aliphatic heterocycles. The number of carbonyl (C=O) groups is 2. The minimum Gasteiger partial charge on any atom is -0.481 e. The molecule has 0 fully saturated rings. The molecule has 0 amide bonds. The number of halogens is 2. The topological polar surface area (TPSA) is 97.7 Å². The van der Waals surface area contributed by atoms with Gasteiger partial charge in [-0.1, -0.05) is 18.2 Å². The summed E-state index contributed by atoms with van der Waals surface area (Å²) in [6.45, 7) is 1.51. The third kappa shape index (κ3) is 5.47. The molecular weight excluding hydrogens is 406 g/mol. The van der Waals surface area contributed by atoms with Crippen LogP contribution in [0.4, 0.5) is 8.78 Å². The molecule has 0 unspecified atom stereocenters. The summed E-state index contributed by atoms with van der Waals surface area (Å²) in [6.07, 6.45) is 0.281. The van der Waals surface area contributed by atoms with Crippen molar-refractivity contribution < 1.29 is 36.6 Å². The van der Waals surface area contributed by atoms with Crippen LogP contribution >= 0.6 is 0 Å². The number of sulfone groups is 1. The first kappa shape index (κ1) is 22.2. The molecule has 0 saturated heterocycles. The molecule has 29 heavy (non-hydrogen) atoms. The molecule has 9 heteroatoms. The summed E-state index contributed by atoms with van der Waals surface area (Å²) in [6, 6.07) is 8.12. The highest BCUT2D eigenvalue weighted by Gasteiger charge is 2.23. The van der Waals surface area contributed by atoms with Crippen LogP contribution in [-0.2, 0) is 24.2 Å². The Hall–Kier alpha value is -3.07. The number of benzene rings is 2. The highest BCUT2D eigenvalue weighted by molar-refractivity contribution is 7.90. The second-order valence-electron chi connectivity index (χ2n) is 6.07. The Morgan fingerprint density at radius 1 is 1.00 bits per heavy atom. The summed E-state index contributed by atoms with van der Waals surface area (Å²) < 4.78 is 55.5. The fourth-order valence-electron chi connectivity index (χ4n) is 2.67. The predicted octanol–water partition coefficient (Wildman–Crippen LogP) is 3.21. The van der Waals surface area contributed by atoms with Gasteiger partial charge in [0, 0.05) is 11.8 Å². The van der Waals surface area contributed by atoms with Crippen molar-refractivity contribution in [2.45, 2.75) is 18.2 Å². The lowest BCUT2D eigenvalue weighted by molar-refractivity contribution is -0.142. The van der Waals surface area contributed by atoms with Gasteiger partial charge in [0.1, 0.15) is 0 Å². The minimum atomic E-state index is -3.50. The van der Waals surface area contributed by atoms with Crippen LogP contribution < -0.4 is 0 Å². The van der Waals surface area contributed by atoms with E-state index in [0.717, 1.165) is 18.4 Å². The zero-order valence-corrected chi connectivity index (χ0v) is 16.4. The smallest absolute Gasteiger partial charge is 0.335 e. The van der Waals surface area contributed by atoms with Crippen molar-refractivity contribution in [1.82, 2.24) is 0 Å². The van der Waals surface area contributed by atoms with Gasteiger partial charge < -0.3 is 9.84 Å². The molecule has 2 rings (SSSR count). The van der Waals surface area contributed by atoms with Crippen LogP contribution in [0.2, 0.25) is 0 Å². The molecule has 0 aromatic heterocycles. The molecule has 0 atom stereocenters. The molecule has 154 valence electrons. The molecule has 0 radical (unpaired) electrons. The van der Waals surface area contributed by atoms with Crippen LogP contribution in [0.1, 0.15) is 24.5 Å². The van der Waals surface area contributed by atoms with Crippen molar-refractivity contribution >= 4 is 27.3 Å². The highest BCUT2D eigenvalue weighted by Crippen LogP contribution is 2.31. The number of carboxylic acid groups (broad SMARTS) is 1. The van der Waals surface area contributed by atoms with Gasteiger partial charge >= 0.3 is 11.9 Å². The van der Waals surface area contributed by atoms with Gasteiger partial charge in [-0.15, -0.1) is 0 Å². The van der Waals surface area contributed by atoms with Crippen LogP contribution in [0.5, 0.6) is 0 Å². The second kappa shape index (κ2) is 8.95. The Kier molecular flexibility index (Phi) is 6.86. The van der Waals surface area contributed by atoms with Gasteiger partial charge in [0.15, 0.2) is 21.5 Å². The molecule has 2 aromatic rings. The first-order chi connectivity index (χ1) is 13.5. The number of hydrogen-bond donors (Lipinski definition) is 1. The number of rotatable bonds is 7. The molecule has 1 N–H and O–H groups in total. The summed E-state index contributed by atoms with van der Waals surface area (Å²) >= 11 is 0. The van der Waals surface area contributed by atoms with Gasteiger partial charge in [-0.25, -0.2) is 22.0 Å². The number of aliphatic carboxylic acids is 1. The zero-order chi connectivity index (χ0) is 21.8. The first-order valence-electron chi connectivity index (χ1n) is 8.42. The predicted molar refractivity (Wildman–Crippen MR) is 101 cm³/mol. The molecule has 0 saturated carbocycles. The Balaban J connectivity index is 2.80. The van der Waals surface area contributed by atoms with Gasteiger partial charge in [0.25, 0.3) is 0 Å². The van der Waals surface area contributed by atoms with Crippen LogP contribution in [0.25, 0.3) is 5.57 Å². The average molecular weight is 424 g/mol. The summed E-state index contributed by atoms with van der Waals surface area (Å²) in [7, 11) is -3.50. The van der Waals surface area contributed by atoms with Crippen molar-refractivity contribution in [1.29, 1.82) is 0 Å². The van der Waals surface area contributed by atoms with E-state index in [2.05, 4.69) is 0 Å². The standard InChI is InChI=1S/C20H18F2O6S/c1-3-28-20(25)15(11-18(23)24)19(13-6-9-16(21)17(22)10-13)12-4-7-14(8-5-12)29(2,26)27/h4-10H,3,11H2,1-2H3,(H,23,24)/b19-15+. The van der Waals surface area contributed by atoms with Crippen LogP contribution in [0.15, 0.2) is 52.9 Å². The molecule has 0 spiro atoms. The Labute approximate surface area is 166 Å². The van der Waals surface area contributed by atoms with Gasteiger partial charge in [0.05, 0.1) is 23.5 Å². The van der Waals surface area contributed by atoms with E-state index < -0.39 is 39.8 Å². The summed E-state index contributed by atoms with van der Waals surface area (Å²) in [5, 5.41) is 9.24. The number of ether oxygens (including phenoxy) is 1. The van der Waals surface area contributed by atoms with E-state index in [4.69, 9.17) is 4.74 Å². The minimum absolute atomic E-state index is 0.00167. The fraction of sp³-hybridized carbons (Fsp3) is 0.200. The Bertz CT molecular complexity index is 1070. The van der Waals surface area contributed by atoms with Crippen molar-refractivity contribution in [2.24, 2.45) is 0 Å². The SMILES string of the molecule is CCOC(=O)/C(CC(=O)O)=C(\c1ccc(S(C)(=O)=O)cc1)c1ccc(F)c(F)c1. The molecule has 0 heterocycles. The van der Waals surface area contributed by atoms with Gasteiger partial charge in [0.2, 0.25) is 0 Å². The third-order valence-corrected chi connectivity index (χ3v) is 5.06. The lowest BCUT2D eigenvalue weighted by atomic mass is 9.91. The highest BCUT2D eigenvalue weighted by atomic mass is 32.2. The monoisotopic (exact) mass is 424 g/mol. The van der Waals surface area contributed by atoms with Gasteiger partial charge in [-0.05, 0) is 42.3 Å². The van der Waals surface area contributed by atoms with Gasteiger partial charge in [-0.3, -0.25) is 4.79 Å². The van der Waals surface area contributed by atoms with Crippen LogP contribution in [0, 0.1) is 11.6 Å². The summed E-state index contributed by atoms with van der Waals surface area (Å²) in [5.74, 6) is -4.56. The average Bonchev–Trinajstić information content (AvgIpc) is 2.63. The van der Waals surface area contributed by atoms with E-state index in [-0.39, 0.29) is 33.8 Å². The van der Waals surface area contributed by atoms with E-state index >= 15 is 0 Å². The molecule has 0 aliphatic carbocycles. The molecule has 2 aromatic carbocycles. The lowest BCUT2D eigenvalue weighted by Gasteiger charge is -2.15. The second-order valence-corrected chi connectivity index (χ2v) is 8.09. The zero-order valence-electron chi connectivity index (χ0n) is 15.6. The summed E-state index contributed by atoms with van der Waals surface area (Å²) in [5.41, 5.74) is 0.00952. The quantitative estimate of drug-likeness (QED) is 0.542. The first-order valence-corrected chi connectivity index (χ1v) is 10.3. The molecule has 0 aliphatic rings. The molecule has 6 nitrogen and oxygen atoms in total. The number of hydrogen-bond acceptors (Lipinski definition) is 5. The maximum Gasteiger partial charge on any atom is 0.335 e. The fourth-order valence-corrected chi connectivity index (χ4v) is 3.30. The van der Waals surface area contributed by atoms with Crippen molar-refractivity contribution in [3.8, 4) is 0 Å². The van der Waals surface area contributed by atoms with Gasteiger partial charge in [-0.2, -0.15) is 0 Å². The Morgan fingerprint density at radius 2 is 1.59 bits per heavy atom. The molecule has 0 bridgehead atoms. The van der Waals surface area contributed by atoms with Crippen molar-refractivity contribution in [3.05, 3.63) is 70.8 Å². The Morgan fingerprint density at radius 3 is 2.07 bits per heavy atom. The number of carboxylic acids is 1. The van der Waals surface area contributed by atoms with E-state index in [1.165, 1.54) is 37.3 Å². The van der Waals surface area contributed by atoms with Crippen molar-refractivity contribution in [2.75, 3.05) is 12.9 Å². The summed E-state index contributed by atoms with van der Waals surface area (Å²) in [4.78, 5) is 23.8. The number of esters is 1. The maximum atomic E-state index is 13.8. The maximum absolute atomic E-state index is 13.8. The van der Waals surface area contributed by atoms with E-state index in [0.29, 0.717) is 0 Å². The van der Waals surface area contributed by atoms with E-state index in [9.17, 15) is 31.9 Å². The molecular formula is C20H18F2O6S. The largest absolute Gasteiger partial charge is 0.481 e. The van der Waals surface area contributed by atoms with Crippen LogP contribution in [0.3, 0.4) is 0 Å². The van der Waals surface area contributed by atoms with E-state index in [1.54, 1.807) is 0 Å². The third-order valence-electron chi connectivity index (χ3n) is 3.93. The van der Waals surface area contributed by atoms with Crippen molar-refractivity contribution in [3.63, 3.8) is 0 Å². The van der Waals surface area contributed by atoms with Crippen LogP contribution in [-0.4, -0.2) is 38.3 Å².